The molecular weight excluding hydrogens is 420 g/mol. The molecule has 0 radical (unpaired) electrons. The number of hydrogen-bond acceptors (Lipinski definition) is 4. The molecule has 6 nitrogen and oxygen atoms in total. The quantitative estimate of drug-likeness (QED) is 0.131. The average Bonchev–Trinajstić information content (AvgIpc) is 2.83. The maximum Gasteiger partial charge on any atom is 0.410 e. The van der Waals surface area contributed by atoms with E-state index in [4.69, 9.17) is 14.2 Å². The van der Waals surface area contributed by atoms with E-state index in [-0.39, 0.29) is 18.5 Å². The third kappa shape index (κ3) is 7.53. The summed E-state index contributed by atoms with van der Waals surface area (Å²) in [7, 11) is -2.20. The molecule has 2 aromatic carbocycles. The predicted molar refractivity (Wildman–Crippen MR) is 128 cm³/mol. The second-order valence-corrected chi connectivity index (χ2v) is 13.0. The van der Waals surface area contributed by atoms with E-state index in [2.05, 4.69) is 4.79 Å². The molecule has 2 aromatic rings. The molecule has 0 aromatic heterocycles. The number of rotatable bonds is 14. The number of esters is 1. The lowest BCUT2D eigenvalue weighted by Crippen LogP contribution is -2.49. The highest BCUT2D eigenvalue weighted by molar-refractivity contribution is 7.13. The molecule has 32 heavy (non-hydrogen) atoms. The van der Waals surface area contributed by atoms with Gasteiger partial charge in [0.15, 0.2) is 0 Å². The van der Waals surface area contributed by atoms with Crippen LogP contribution in [0.25, 0.3) is 5.53 Å². The smallest absolute Gasteiger partial charge is 0.410 e. The predicted octanol–water partition coefficient (Wildman–Crippen LogP) is 5.05. The zero-order chi connectivity index (χ0) is 23.2. The van der Waals surface area contributed by atoms with E-state index in [9.17, 15) is 10.3 Å². The Morgan fingerprint density at radius 3 is 1.66 bits per heavy atom. The van der Waals surface area contributed by atoms with Crippen LogP contribution in [0.3, 0.4) is 0 Å². The van der Waals surface area contributed by atoms with Crippen LogP contribution in [-0.2, 0) is 32.2 Å². The normalized spacial score (nSPS) is 11.2. The summed E-state index contributed by atoms with van der Waals surface area (Å²) in [6.07, 6.45) is -0.607. The molecule has 7 heteroatoms. The minimum Gasteiger partial charge on any atom is -0.449 e. The van der Waals surface area contributed by atoms with E-state index in [1.54, 1.807) is 0 Å². The number of carbonyl (C=O) groups is 1. The molecule has 0 N–H and O–H groups in total. The first-order valence-corrected chi connectivity index (χ1v) is 13.9. The Morgan fingerprint density at radius 2 is 1.28 bits per heavy atom. The molecule has 0 unspecified atom stereocenters. The monoisotopic (exact) mass is 454 g/mol. The van der Waals surface area contributed by atoms with Gasteiger partial charge in [0.1, 0.15) is 6.10 Å². The van der Waals surface area contributed by atoms with Gasteiger partial charge in [0.05, 0.1) is 26.4 Å². The summed E-state index contributed by atoms with van der Waals surface area (Å²) < 4.78 is 17.4. The molecule has 0 aliphatic carbocycles. The molecular formula is C25H34N2O4Si. The summed E-state index contributed by atoms with van der Waals surface area (Å²) in [4.78, 5) is 16.4. The molecule has 0 aliphatic heterocycles. The lowest BCUT2D eigenvalue weighted by Gasteiger charge is -2.23. The molecule has 0 amide bonds. The summed E-state index contributed by atoms with van der Waals surface area (Å²) in [5.74, 6) is -0.568. The molecule has 0 heterocycles. The van der Waals surface area contributed by atoms with Crippen LogP contribution in [0, 0.1) is 0 Å². The summed E-state index contributed by atoms with van der Waals surface area (Å²) in [5, 5.41) is 0.195. The minimum atomic E-state index is -2.20. The van der Waals surface area contributed by atoms with Gasteiger partial charge < -0.3 is 19.7 Å². The van der Waals surface area contributed by atoms with Gasteiger partial charge in [0.25, 0.3) is 0 Å². The topological polar surface area (TPSA) is 81.2 Å². The van der Waals surface area contributed by atoms with Gasteiger partial charge in [-0.3, -0.25) is 0 Å². The summed E-state index contributed by atoms with van der Waals surface area (Å²) >= 11 is 0. The summed E-state index contributed by atoms with van der Waals surface area (Å²) in [5.41, 5.74) is 11.7. The fourth-order valence-corrected chi connectivity index (χ4v) is 6.91. The van der Waals surface area contributed by atoms with Crippen molar-refractivity contribution in [3.8, 4) is 0 Å². The van der Waals surface area contributed by atoms with E-state index in [0.717, 1.165) is 29.3 Å². The third-order valence-electron chi connectivity index (χ3n) is 5.93. The second kappa shape index (κ2) is 13.8. The van der Waals surface area contributed by atoms with Crippen LogP contribution in [0.1, 0.15) is 31.9 Å². The zero-order valence-corrected chi connectivity index (χ0v) is 20.3. The molecule has 0 fully saturated rings. The van der Waals surface area contributed by atoms with Gasteiger partial charge in [0, 0.05) is 0 Å². The Hall–Kier alpha value is -2.57. The summed E-state index contributed by atoms with van der Waals surface area (Å²) in [6.45, 7) is 7.32. The number of carbonyl (C=O) groups excluding carboxylic acids is 1. The first-order valence-electron chi connectivity index (χ1n) is 11.2. The Kier molecular flexibility index (Phi) is 11.0. The Labute approximate surface area is 192 Å². The van der Waals surface area contributed by atoms with Gasteiger partial charge in [-0.15, -0.1) is 0 Å². The van der Waals surface area contributed by atoms with Crippen LogP contribution >= 0.6 is 0 Å². The first-order chi connectivity index (χ1) is 15.6. The zero-order valence-electron chi connectivity index (χ0n) is 19.3. The van der Waals surface area contributed by atoms with Crippen molar-refractivity contribution in [1.29, 1.82) is 0 Å². The highest BCUT2D eigenvalue weighted by Crippen LogP contribution is 2.22. The second-order valence-electron chi connectivity index (χ2n) is 7.82. The molecule has 172 valence electrons. The van der Waals surface area contributed by atoms with Gasteiger partial charge >= 0.3 is 11.3 Å². The van der Waals surface area contributed by atoms with Crippen LogP contribution in [0.15, 0.2) is 60.7 Å². The van der Waals surface area contributed by atoms with E-state index in [0.29, 0.717) is 13.2 Å². The van der Waals surface area contributed by atoms with Crippen molar-refractivity contribution >= 4 is 19.4 Å². The molecule has 2 rings (SSSR count). The van der Waals surface area contributed by atoms with Gasteiger partial charge in [0.2, 0.25) is 8.07 Å². The minimum absolute atomic E-state index is 0.188. The number of ether oxygens (including phenoxy) is 3. The largest absolute Gasteiger partial charge is 0.449 e. The fourth-order valence-electron chi connectivity index (χ4n) is 3.70. The molecule has 0 aliphatic rings. The number of nitrogens with zero attached hydrogens (tertiary/aromatic N) is 2. The number of benzene rings is 2. The van der Waals surface area contributed by atoms with Crippen molar-refractivity contribution in [2.24, 2.45) is 0 Å². The lowest BCUT2D eigenvalue weighted by molar-refractivity contribution is -0.152. The first kappa shape index (κ1) is 25.7. The average molecular weight is 455 g/mol. The molecule has 0 bridgehead atoms. The van der Waals surface area contributed by atoms with E-state index in [1.165, 1.54) is 0 Å². The molecule has 0 atom stereocenters. The third-order valence-corrected chi connectivity index (χ3v) is 11.3. The SMILES string of the molecule is CC[Si](CC)(CC)C(=[N+]=[N-])C(=O)OC(COCc1ccccc1)COCc1ccccc1. The maximum atomic E-state index is 13.0. The summed E-state index contributed by atoms with van der Waals surface area (Å²) in [6, 6.07) is 22.1. The van der Waals surface area contributed by atoms with Gasteiger partial charge in [-0.25, -0.2) is 4.79 Å². The standard InChI is InChI=1S/C25H34N2O4Si/c1-4-32(5-2,6-3)24(27-26)25(28)31-23(19-29-17-21-13-9-7-10-14-21)20-30-18-22-15-11-8-12-16-22/h7-16,23H,4-6,17-20H2,1-3H3. The van der Waals surface area contributed by atoms with Crippen molar-refractivity contribution in [1.82, 2.24) is 0 Å². The van der Waals surface area contributed by atoms with Crippen molar-refractivity contribution < 1.29 is 23.8 Å². The highest BCUT2D eigenvalue weighted by atomic mass is 28.3. The Balaban J connectivity index is 2.04. The Morgan fingerprint density at radius 1 is 0.844 bits per heavy atom. The fraction of sp³-hybridized carbons (Fsp3) is 0.440. The highest BCUT2D eigenvalue weighted by Gasteiger charge is 2.47. The maximum absolute atomic E-state index is 13.0. The van der Waals surface area contributed by atoms with E-state index >= 15 is 0 Å². The van der Waals surface area contributed by atoms with Crippen LogP contribution in [-0.4, -0.2) is 43.5 Å². The van der Waals surface area contributed by atoms with Gasteiger partial charge in [-0.05, 0) is 29.3 Å². The lowest BCUT2D eigenvalue weighted by atomic mass is 10.2. The van der Waals surface area contributed by atoms with Crippen molar-refractivity contribution in [2.75, 3.05) is 13.2 Å². The van der Waals surface area contributed by atoms with Crippen LogP contribution in [0.5, 0.6) is 0 Å². The Bertz CT molecular complexity index is 812. The van der Waals surface area contributed by atoms with E-state index < -0.39 is 20.1 Å². The van der Waals surface area contributed by atoms with Crippen LogP contribution in [0.4, 0.5) is 0 Å². The number of hydrogen-bond donors (Lipinski definition) is 0. The van der Waals surface area contributed by atoms with Crippen molar-refractivity contribution in [2.45, 2.75) is 58.2 Å². The van der Waals surface area contributed by atoms with Crippen molar-refractivity contribution in [3.05, 3.63) is 77.3 Å². The molecule has 0 saturated heterocycles. The van der Waals surface area contributed by atoms with E-state index in [1.807, 2.05) is 81.4 Å². The van der Waals surface area contributed by atoms with Crippen LogP contribution in [0.2, 0.25) is 18.1 Å². The molecule has 0 saturated carbocycles. The van der Waals surface area contributed by atoms with Gasteiger partial charge in [-0.1, -0.05) is 81.4 Å². The van der Waals surface area contributed by atoms with Crippen molar-refractivity contribution in [3.63, 3.8) is 0 Å². The van der Waals surface area contributed by atoms with Crippen LogP contribution < -0.4 is 0 Å². The molecule has 0 spiro atoms. The van der Waals surface area contributed by atoms with Gasteiger partial charge in [-0.2, -0.15) is 4.79 Å².